The summed E-state index contributed by atoms with van der Waals surface area (Å²) in [7, 11) is 1.63. The van der Waals surface area contributed by atoms with Crippen molar-refractivity contribution in [1.82, 2.24) is 15.2 Å². The van der Waals surface area contributed by atoms with Gasteiger partial charge in [-0.3, -0.25) is 9.59 Å². The van der Waals surface area contributed by atoms with Gasteiger partial charge in [-0.2, -0.15) is 0 Å². The SMILES string of the molecule is COc1ccc(CNC(=O)CC2CCN(C(=O)c3cc4ccccc4[nH]3)CC2)cc1. The van der Waals surface area contributed by atoms with E-state index in [4.69, 9.17) is 4.74 Å². The van der Waals surface area contributed by atoms with Crippen LogP contribution in [0.3, 0.4) is 0 Å². The van der Waals surface area contributed by atoms with Crippen molar-refractivity contribution in [2.24, 2.45) is 5.92 Å². The molecule has 1 aliphatic rings. The third kappa shape index (κ3) is 4.64. The maximum atomic E-state index is 12.8. The molecule has 1 saturated heterocycles. The number of ether oxygens (including phenoxy) is 1. The number of benzene rings is 2. The van der Waals surface area contributed by atoms with Crippen LogP contribution in [0.5, 0.6) is 5.75 Å². The zero-order chi connectivity index (χ0) is 20.9. The molecule has 0 aliphatic carbocycles. The van der Waals surface area contributed by atoms with E-state index in [-0.39, 0.29) is 11.8 Å². The minimum absolute atomic E-state index is 0.0357. The van der Waals surface area contributed by atoms with Crippen molar-refractivity contribution >= 4 is 22.7 Å². The number of carbonyl (C=O) groups is 2. The van der Waals surface area contributed by atoms with Crippen LogP contribution in [-0.2, 0) is 11.3 Å². The topological polar surface area (TPSA) is 74.4 Å². The van der Waals surface area contributed by atoms with Crippen molar-refractivity contribution < 1.29 is 14.3 Å². The van der Waals surface area contributed by atoms with Crippen LogP contribution >= 0.6 is 0 Å². The molecule has 0 radical (unpaired) electrons. The maximum absolute atomic E-state index is 12.8. The number of rotatable bonds is 6. The number of aromatic amines is 1. The number of methoxy groups -OCH3 is 1. The molecule has 4 rings (SSSR count). The first-order chi connectivity index (χ1) is 14.6. The van der Waals surface area contributed by atoms with Crippen LogP contribution in [0.4, 0.5) is 0 Å². The number of H-pyrrole nitrogens is 1. The van der Waals surface area contributed by atoms with Crippen LogP contribution in [-0.4, -0.2) is 41.9 Å². The number of nitrogens with zero attached hydrogens (tertiary/aromatic N) is 1. The van der Waals surface area contributed by atoms with E-state index in [1.54, 1.807) is 7.11 Å². The summed E-state index contributed by atoms with van der Waals surface area (Å²) in [6.07, 6.45) is 2.20. The van der Waals surface area contributed by atoms with Crippen molar-refractivity contribution in [1.29, 1.82) is 0 Å². The van der Waals surface area contributed by atoms with Gasteiger partial charge in [0.25, 0.3) is 5.91 Å². The Morgan fingerprint density at radius 3 is 2.53 bits per heavy atom. The van der Waals surface area contributed by atoms with E-state index >= 15 is 0 Å². The number of aromatic nitrogens is 1. The second kappa shape index (κ2) is 9.03. The Morgan fingerprint density at radius 1 is 1.10 bits per heavy atom. The number of carbonyl (C=O) groups excluding carboxylic acids is 2. The number of nitrogens with one attached hydrogen (secondary N) is 2. The van der Waals surface area contributed by atoms with Crippen molar-refractivity contribution in [2.75, 3.05) is 20.2 Å². The summed E-state index contributed by atoms with van der Waals surface area (Å²) in [6.45, 7) is 1.88. The molecular formula is C24H27N3O3. The lowest BCUT2D eigenvalue weighted by Gasteiger charge is -2.31. The lowest BCUT2D eigenvalue weighted by atomic mass is 9.93. The largest absolute Gasteiger partial charge is 0.497 e. The summed E-state index contributed by atoms with van der Waals surface area (Å²) >= 11 is 0. The fourth-order valence-electron chi connectivity index (χ4n) is 3.98. The van der Waals surface area contributed by atoms with Crippen LogP contribution in [0.2, 0.25) is 0 Å². The normalized spacial score (nSPS) is 14.6. The number of hydrogen-bond acceptors (Lipinski definition) is 3. The number of piperidine rings is 1. The summed E-state index contributed by atoms with van der Waals surface area (Å²) in [5.41, 5.74) is 2.65. The van der Waals surface area contributed by atoms with Gasteiger partial charge in [-0.25, -0.2) is 0 Å². The van der Waals surface area contributed by atoms with Gasteiger partial charge in [0, 0.05) is 37.0 Å². The second-order valence-electron chi connectivity index (χ2n) is 7.83. The molecule has 3 aromatic rings. The van der Waals surface area contributed by atoms with Gasteiger partial charge in [0.2, 0.25) is 5.91 Å². The minimum Gasteiger partial charge on any atom is -0.497 e. The number of amides is 2. The smallest absolute Gasteiger partial charge is 0.270 e. The van der Waals surface area contributed by atoms with E-state index in [2.05, 4.69) is 10.3 Å². The van der Waals surface area contributed by atoms with Crippen molar-refractivity contribution in [2.45, 2.75) is 25.8 Å². The molecule has 1 fully saturated rings. The fourth-order valence-corrected chi connectivity index (χ4v) is 3.98. The van der Waals surface area contributed by atoms with Crippen LogP contribution in [0.25, 0.3) is 10.9 Å². The van der Waals surface area contributed by atoms with Crippen LogP contribution in [0.15, 0.2) is 54.6 Å². The van der Waals surface area contributed by atoms with Crippen molar-refractivity contribution in [3.8, 4) is 5.75 Å². The zero-order valence-electron chi connectivity index (χ0n) is 17.2. The Kier molecular flexibility index (Phi) is 6.02. The van der Waals surface area contributed by atoms with Gasteiger partial charge in [0.15, 0.2) is 0 Å². The Balaban J connectivity index is 1.23. The first kappa shape index (κ1) is 20.0. The number of fused-ring (bicyclic) bond motifs is 1. The van der Waals surface area contributed by atoms with Gasteiger partial charge in [-0.15, -0.1) is 0 Å². The highest BCUT2D eigenvalue weighted by Crippen LogP contribution is 2.23. The highest BCUT2D eigenvalue weighted by atomic mass is 16.5. The van der Waals surface area contributed by atoms with Crippen molar-refractivity contribution in [3.63, 3.8) is 0 Å². The van der Waals surface area contributed by atoms with Gasteiger partial charge in [0.05, 0.1) is 7.11 Å². The van der Waals surface area contributed by atoms with E-state index in [0.29, 0.717) is 37.7 Å². The molecule has 0 bridgehead atoms. The zero-order valence-corrected chi connectivity index (χ0v) is 17.2. The Hall–Kier alpha value is -3.28. The molecule has 6 heteroatoms. The molecule has 30 heavy (non-hydrogen) atoms. The average Bonchev–Trinajstić information content (AvgIpc) is 3.22. The molecule has 0 spiro atoms. The first-order valence-electron chi connectivity index (χ1n) is 10.4. The van der Waals surface area contributed by atoms with Gasteiger partial charge in [-0.05, 0) is 48.6 Å². The van der Waals surface area contributed by atoms with Crippen LogP contribution in [0.1, 0.15) is 35.3 Å². The van der Waals surface area contributed by atoms with E-state index in [1.807, 2.05) is 59.5 Å². The Bertz CT molecular complexity index is 985. The summed E-state index contributed by atoms with van der Waals surface area (Å²) in [4.78, 5) is 30.2. The lowest BCUT2D eigenvalue weighted by Crippen LogP contribution is -2.39. The summed E-state index contributed by atoms with van der Waals surface area (Å²) < 4.78 is 5.15. The van der Waals surface area contributed by atoms with Gasteiger partial charge < -0.3 is 19.9 Å². The number of para-hydroxylation sites is 1. The molecule has 156 valence electrons. The predicted molar refractivity (Wildman–Crippen MR) is 116 cm³/mol. The maximum Gasteiger partial charge on any atom is 0.270 e. The monoisotopic (exact) mass is 405 g/mol. The van der Waals surface area contributed by atoms with Crippen LogP contribution < -0.4 is 10.1 Å². The van der Waals surface area contributed by atoms with Gasteiger partial charge in [0.1, 0.15) is 11.4 Å². The molecule has 6 nitrogen and oxygen atoms in total. The lowest BCUT2D eigenvalue weighted by molar-refractivity contribution is -0.122. The number of likely N-dealkylation sites (tertiary alicyclic amines) is 1. The average molecular weight is 405 g/mol. The van der Waals surface area contributed by atoms with E-state index in [0.717, 1.165) is 35.1 Å². The molecule has 2 N–H and O–H groups in total. The van der Waals surface area contributed by atoms with E-state index in [1.165, 1.54) is 0 Å². The molecule has 2 aromatic carbocycles. The standard InChI is InChI=1S/C24H27N3O3/c1-30-20-8-6-18(7-9-20)16-25-23(28)14-17-10-12-27(13-11-17)24(29)22-15-19-4-2-3-5-21(19)26-22/h2-9,15,17,26H,10-14,16H2,1H3,(H,25,28). The van der Waals surface area contributed by atoms with E-state index < -0.39 is 0 Å². The summed E-state index contributed by atoms with van der Waals surface area (Å²) in [5, 5.41) is 4.04. The third-order valence-electron chi connectivity index (χ3n) is 5.78. The summed E-state index contributed by atoms with van der Waals surface area (Å²) in [5.74, 6) is 1.21. The molecule has 0 unspecified atom stereocenters. The minimum atomic E-state index is 0.0357. The third-order valence-corrected chi connectivity index (χ3v) is 5.78. The number of hydrogen-bond donors (Lipinski definition) is 2. The second-order valence-corrected chi connectivity index (χ2v) is 7.83. The quantitative estimate of drug-likeness (QED) is 0.656. The van der Waals surface area contributed by atoms with Gasteiger partial charge in [-0.1, -0.05) is 30.3 Å². The van der Waals surface area contributed by atoms with Crippen molar-refractivity contribution in [3.05, 3.63) is 65.9 Å². The molecule has 2 heterocycles. The highest BCUT2D eigenvalue weighted by molar-refractivity contribution is 5.98. The predicted octanol–water partition coefficient (Wildman–Crippen LogP) is 3.74. The summed E-state index contributed by atoms with van der Waals surface area (Å²) in [6, 6.07) is 17.5. The van der Waals surface area contributed by atoms with Gasteiger partial charge >= 0.3 is 0 Å². The molecule has 1 aromatic heterocycles. The Labute approximate surface area is 176 Å². The molecule has 0 atom stereocenters. The Morgan fingerprint density at radius 2 is 1.83 bits per heavy atom. The molecule has 2 amide bonds. The molecular weight excluding hydrogens is 378 g/mol. The first-order valence-corrected chi connectivity index (χ1v) is 10.4. The molecule has 0 saturated carbocycles. The molecule has 1 aliphatic heterocycles. The highest BCUT2D eigenvalue weighted by Gasteiger charge is 2.25. The van der Waals surface area contributed by atoms with Crippen LogP contribution in [0, 0.1) is 5.92 Å². The fraction of sp³-hybridized carbons (Fsp3) is 0.333. The van der Waals surface area contributed by atoms with E-state index in [9.17, 15) is 9.59 Å².